The highest BCUT2D eigenvalue weighted by Crippen LogP contribution is 2.22. The van der Waals surface area contributed by atoms with Crippen LogP contribution in [0.3, 0.4) is 0 Å². The third kappa shape index (κ3) is 12.4. The van der Waals surface area contributed by atoms with Gasteiger partial charge >= 0.3 is 11.9 Å². The zero-order chi connectivity index (χ0) is 26.4. The van der Waals surface area contributed by atoms with Gasteiger partial charge in [-0.05, 0) is 59.9 Å². The minimum atomic E-state index is -0.942. The van der Waals surface area contributed by atoms with Gasteiger partial charge < -0.3 is 31.3 Å². The Morgan fingerprint density at radius 3 is 1.86 bits per heavy atom. The first-order chi connectivity index (χ1) is 16.5. The van der Waals surface area contributed by atoms with Crippen molar-refractivity contribution in [3.8, 4) is 17.2 Å². The molecule has 1 aromatic heterocycles. The Hall–Kier alpha value is -4.37. The number of benzene rings is 2. The molecular formula is C26H30N2O7. The SMILES string of the molecule is CC(C)C[C@H](N)C(=O)O.O=C(O)c1cccnc1.Oc1ccc(/C=C/c2cc(O)cc(O)c2)cc1. The van der Waals surface area contributed by atoms with Crippen LogP contribution in [0, 0.1) is 5.92 Å². The second kappa shape index (κ2) is 14.7. The van der Waals surface area contributed by atoms with E-state index in [1.807, 2.05) is 19.9 Å². The molecule has 186 valence electrons. The molecule has 0 aliphatic carbocycles. The molecule has 0 radical (unpaired) electrons. The van der Waals surface area contributed by atoms with E-state index in [1.165, 1.54) is 24.5 Å². The number of pyridine rings is 1. The molecule has 2 aromatic carbocycles. The van der Waals surface area contributed by atoms with Crippen molar-refractivity contribution in [2.24, 2.45) is 11.7 Å². The van der Waals surface area contributed by atoms with Crippen LogP contribution in [-0.2, 0) is 4.79 Å². The van der Waals surface area contributed by atoms with Gasteiger partial charge in [0.1, 0.15) is 23.3 Å². The summed E-state index contributed by atoms with van der Waals surface area (Å²) in [5.41, 5.74) is 7.06. The van der Waals surface area contributed by atoms with Gasteiger partial charge in [-0.1, -0.05) is 38.1 Å². The number of nitrogens with zero attached hydrogens (tertiary/aromatic N) is 1. The molecule has 0 saturated carbocycles. The van der Waals surface area contributed by atoms with E-state index < -0.39 is 18.0 Å². The van der Waals surface area contributed by atoms with Gasteiger partial charge in [0.25, 0.3) is 0 Å². The van der Waals surface area contributed by atoms with Crippen molar-refractivity contribution in [3.05, 3.63) is 83.7 Å². The quantitative estimate of drug-likeness (QED) is 0.281. The number of aliphatic carboxylic acids is 1. The summed E-state index contributed by atoms with van der Waals surface area (Å²) in [7, 11) is 0. The maximum Gasteiger partial charge on any atom is 0.337 e. The van der Waals surface area contributed by atoms with Crippen molar-refractivity contribution in [2.75, 3.05) is 0 Å². The summed E-state index contributed by atoms with van der Waals surface area (Å²) in [6.45, 7) is 3.89. The van der Waals surface area contributed by atoms with Crippen LogP contribution in [0.4, 0.5) is 0 Å². The number of phenols is 3. The Kier molecular flexibility index (Phi) is 12.0. The molecule has 0 amide bonds. The number of carbonyl (C=O) groups is 2. The highest BCUT2D eigenvalue weighted by atomic mass is 16.4. The molecule has 9 heteroatoms. The van der Waals surface area contributed by atoms with Crippen LogP contribution >= 0.6 is 0 Å². The minimum Gasteiger partial charge on any atom is -0.508 e. The molecule has 0 saturated heterocycles. The average Bonchev–Trinajstić information content (AvgIpc) is 2.79. The van der Waals surface area contributed by atoms with Crippen molar-refractivity contribution in [1.29, 1.82) is 0 Å². The smallest absolute Gasteiger partial charge is 0.337 e. The van der Waals surface area contributed by atoms with Crippen LogP contribution in [0.15, 0.2) is 67.0 Å². The molecule has 7 N–H and O–H groups in total. The Morgan fingerprint density at radius 1 is 0.886 bits per heavy atom. The molecule has 35 heavy (non-hydrogen) atoms. The lowest BCUT2D eigenvalue weighted by molar-refractivity contribution is -0.138. The lowest BCUT2D eigenvalue weighted by atomic mass is 10.1. The van der Waals surface area contributed by atoms with E-state index >= 15 is 0 Å². The van der Waals surface area contributed by atoms with Crippen molar-refractivity contribution >= 4 is 24.1 Å². The molecular weight excluding hydrogens is 452 g/mol. The van der Waals surface area contributed by atoms with Crippen LogP contribution in [0.5, 0.6) is 17.2 Å². The molecule has 1 atom stereocenters. The number of carboxylic acid groups (broad SMARTS) is 2. The monoisotopic (exact) mass is 482 g/mol. The first-order valence-corrected chi connectivity index (χ1v) is 10.6. The number of aromatic carboxylic acids is 1. The van der Waals surface area contributed by atoms with Crippen LogP contribution in [0.1, 0.15) is 41.8 Å². The zero-order valence-corrected chi connectivity index (χ0v) is 19.4. The summed E-state index contributed by atoms with van der Waals surface area (Å²) >= 11 is 0. The third-order valence-electron chi connectivity index (χ3n) is 4.24. The van der Waals surface area contributed by atoms with E-state index in [2.05, 4.69) is 4.98 Å². The number of carboxylic acids is 2. The second-order valence-electron chi connectivity index (χ2n) is 7.83. The first kappa shape index (κ1) is 28.7. The summed E-state index contributed by atoms with van der Waals surface area (Å²) in [6, 6.07) is 13.5. The number of aromatic hydroxyl groups is 3. The molecule has 0 spiro atoms. The van der Waals surface area contributed by atoms with Gasteiger partial charge in [-0.15, -0.1) is 0 Å². The van der Waals surface area contributed by atoms with Gasteiger partial charge in [0, 0.05) is 18.5 Å². The number of hydrogen-bond donors (Lipinski definition) is 6. The van der Waals surface area contributed by atoms with Crippen molar-refractivity contribution in [2.45, 2.75) is 26.3 Å². The topological polar surface area (TPSA) is 174 Å². The summed E-state index contributed by atoms with van der Waals surface area (Å²) in [4.78, 5) is 23.9. The zero-order valence-electron chi connectivity index (χ0n) is 19.4. The Labute approximate surface area is 203 Å². The molecule has 0 unspecified atom stereocenters. The van der Waals surface area contributed by atoms with Crippen molar-refractivity contribution in [3.63, 3.8) is 0 Å². The van der Waals surface area contributed by atoms with E-state index in [1.54, 1.807) is 48.5 Å². The number of nitrogens with two attached hydrogens (primary N) is 1. The summed E-state index contributed by atoms with van der Waals surface area (Å²) in [5, 5.41) is 44.4. The predicted octanol–water partition coefficient (Wildman–Crippen LogP) is 4.20. The molecule has 1 heterocycles. The van der Waals surface area contributed by atoms with E-state index in [0.29, 0.717) is 17.9 Å². The van der Waals surface area contributed by atoms with Crippen LogP contribution in [0.25, 0.3) is 12.2 Å². The Morgan fingerprint density at radius 2 is 1.46 bits per heavy atom. The fourth-order valence-corrected chi connectivity index (χ4v) is 2.59. The first-order valence-electron chi connectivity index (χ1n) is 10.6. The van der Waals surface area contributed by atoms with E-state index in [4.69, 9.17) is 21.1 Å². The van der Waals surface area contributed by atoms with Crippen LogP contribution < -0.4 is 5.73 Å². The van der Waals surface area contributed by atoms with Crippen LogP contribution in [0.2, 0.25) is 0 Å². The molecule has 3 rings (SSSR count). The summed E-state index contributed by atoms with van der Waals surface area (Å²) < 4.78 is 0. The largest absolute Gasteiger partial charge is 0.508 e. The fourth-order valence-electron chi connectivity index (χ4n) is 2.59. The summed E-state index contributed by atoms with van der Waals surface area (Å²) in [5.74, 6) is -1.23. The molecule has 0 bridgehead atoms. The Bertz CT molecular complexity index is 1080. The lowest BCUT2D eigenvalue weighted by Gasteiger charge is -2.07. The minimum absolute atomic E-state index is 0.0235. The van der Waals surface area contributed by atoms with Crippen LogP contribution in [-0.4, -0.2) is 48.5 Å². The molecule has 0 aliphatic heterocycles. The van der Waals surface area contributed by atoms with Gasteiger partial charge in [-0.3, -0.25) is 9.78 Å². The maximum absolute atomic E-state index is 10.2. The van der Waals surface area contributed by atoms with E-state index in [9.17, 15) is 19.8 Å². The van der Waals surface area contributed by atoms with E-state index in [0.717, 1.165) is 5.56 Å². The fraction of sp³-hybridized carbons (Fsp3) is 0.192. The number of aromatic nitrogens is 1. The average molecular weight is 483 g/mol. The van der Waals surface area contributed by atoms with Crippen molar-refractivity contribution < 1.29 is 35.1 Å². The molecule has 0 aliphatic rings. The normalized spacial score (nSPS) is 11.1. The lowest BCUT2D eigenvalue weighted by Crippen LogP contribution is -2.31. The highest BCUT2D eigenvalue weighted by molar-refractivity contribution is 5.86. The number of rotatable bonds is 6. The van der Waals surface area contributed by atoms with Crippen molar-refractivity contribution in [1.82, 2.24) is 4.98 Å². The number of phenolic OH excluding ortho intramolecular Hbond substituents is 3. The van der Waals surface area contributed by atoms with Gasteiger partial charge in [0.2, 0.25) is 0 Å². The second-order valence-corrected chi connectivity index (χ2v) is 7.83. The van der Waals surface area contributed by atoms with Gasteiger partial charge in [-0.25, -0.2) is 4.79 Å². The van der Waals surface area contributed by atoms with Gasteiger partial charge in [-0.2, -0.15) is 0 Å². The van der Waals surface area contributed by atoms with E-state index in [-0.39, 0.29) is 22.8 Å². The molecule has 0 fully saturated rings. The summed E-state index contributed by atoms with van der Waals surface area (Å²) in [6.07, 6.45) is 6.99. The third-order valence-corrected chi connectivity index (χ3v) is 4.24. The number of hydrogen-bond acceptors (Lipinski definition) is 7. The molecule has 3 aromatic rings. The van der Waals surface area contributed by atoms with Gasteiger partial charge in [0.15, 0.2) is 0 Å². The van der Waals surface area contributed by atoms with Gasteiger partial charge in [0.05, 0.1) is 5.56 Å². The predicted molar refractivity (Wildman–Crippen MR) is 133 cm³/mol. The molecule has 9 nitrogen and oxygen atoms in total. The highest BCUT2D eigenvalue weighted by Gasteiger charge is 2.11. The maximum atomic E-state index is 10.2. The Balaban J connectivity index is 0.000000289. The standard InChI is InChI=1S/C14H12O3.C6H5NO2.C6H13NO2/c15-12-5-3-10(4-6-12)1-2-11-7-13(16)9-14(17)8-11;8-6(9)5-2-1-3-7-4-5;1-4(2)3-5(7)6(8)9/h1-9,15-17H;1-4H,(H,8,9);4-5H,3,7H2,1-2H3,(H,8,9)/b2-1+;;/t;;5-/m..0/s1.